The monoisotopic (exact) mass is 272 g/mol. The van der Waals surface area contributed by atoms with E-state index in [0.29, 0.717) is 22.4 Å². The Morgan fingerprint density at radius 3 is 2.65 bits per heavy atom. The topological polar surface area (TPSA) is 26.3 Å². The number of halogens is 2. The normalized spacial score (nSPS) is 15.9. The zero-order chi connectivity index (χ0) is 14.1. The Bertz CT molecular complexity index is 720. The van der Waals surface area contributed by atoms with Gasteiger partial charge in [0.1, 0.15) is 12.4 Å². The number of hydrogen-bond donors (Lipinski definition) is 0. The SMILES string of the molecule is O=C1C(=Cc2ccc(F)c(F)c2)COc2ccccc21. The van der Waals surface area contributed by atoms with Gasteiger partial charge in [-0.3, -0.25) is 4.79 Å². The number of ketones is 1. The summed E-state index contributed by atoms with van der Waals surface area (Å²) in [6, 6.07) is 10.4. The number of fused-ring (bicyclic) bond motifs is 1. The fourth-order valence-electron chi connectivity index (χ4n) is 2.08. The molecule has 20 heavy (non-hydrogen) atoms. The van der Waals surface area contributed by atoms with Crippen molar-refractivity contribution in [2.24, 2.45) is 0 Å². The summed E-state index contributed by atoms with van der Waals surface area (Å²) in [4.78, 5) is 12.3. The summed E-state index contributed by atoms with van der Waals surface area (Å²) >= 11 is 0. The summed E-state index contributed by atoms with van der Waals surface area (Å²) < 4.78 is 31.5. The third-order valence-corrected chi connectivity index (χ3v) is 3.09. The summed E-state index contributed by atoms with van der Waals surface area (Å²) in [7, 11) is 0. The minimum absolute atomic E-state index is 0.120. The number of benzene rings is 2. The number of rotatable bonds is 1. The quantitative estimate of drug-likeness (QED) is 0.741. The predicted molar refractivity (Wildman–Crippen MR) is 70.6 cm³/mol. The van der Waals surface area contributed by atoms with Crippen molar-refractivity contribution in [3.63, 3.8) is 0 Å². The predicted octanol–water partition coefficient (Wildman–Crippen LogP) is 3.62. The van der Waals surface area contributed by atoms with Crippen LogP contribution in [-0.4, -0.2) is 12.4 Å². The maximum Gasteiger partial charge on any atom is 0.196 e. The zero-order valence-electron chi connectivity index (χ0n) is 10.4. The van der Waals surface area contributed by atoms with Crippen molar-refractivity contribution in [3.05, 3.63) is 70.8 Å². The Balaban J connectivity index is 1.97. The van der Waals surface area contributed by atoms with Gasteiger partial charge in [0, 0.05) is 5.57 Å². The molecule has 1 heterocycles. The summed E-state index contributed by atoms with van der Waals surface area (Å²) in [5.41, 5.74) is 1.32. The molecule has 0 bridgehead atoms. The summed E-state index contributed by atoms with van der Waals surface area (Å²) in [6.45, 7) is 0.120. The number of carbonyl (C=O) groups is 1. The Hall–Kier alpha value is -2.49. The van der Waals surface area contributed by atoms with Gasteiger partial charge in [-0.05, 0) is 35.9 Å². The average molecular weight is 272 g/mol. The van der Waals surface area contributed by atoms with Crippen LogP contribution in [0.15, 0.2) is 48.0 Å². The molecule has 2 aromatic rings. The van der Waals surface area contributed by atoms with Crippen LogP contribution in [0.1, 0.15) is 15.9 Å². The van der Waals surface area contributed by atoms with E-state index in [2.05, 4.69) is 0 Å². The number of carbonyl (C=O) groups excluding carboxylic acids is 1. The van der Waals surface area contributed by atoms with Crippen molar-refractivity contribution in [1.82, 2.24) is 0 Å². The molecule has 100 valence electrons. The fourth-order valence-corrected chi connectivity index (χ4v) is 2.08. The fraction of sp³-hybridized carbons (Fsp3) is 0.0625. The van der Waals surface area contributed by atoms with Gasteiger partial charge in [0.15, 0.2) is 17.4 Å². The number of para-hydroxylation sites is 1. The van der Waals surface area contributed by atoms with Crippen molar-refractivity contribution in [1.29, 1.82) is 0 Å². The molecule has 0 N–H and O–H groups in total. The molecule has 0 fully saturated rings. The molecule has 1 aliphatic rings. The van der Waals surface area contributed by atoms with Crippen molar-refractivity contribution < 1.29 is 18.3 Å². The third kappa shape index (κ3) is 2.20. The van der Waals surface area contributed by atoms with E-state index in [9.17, 15) is 13.6 Å². The highest BCUT2D eigenvalue weighted by Gasteiger charge is 2.22. The second kappa shape index (κ2) is 4.89. The van der Waals surface area contributed by atoms with E-state index in [4.69, 9.17) is 4.74 Å². The van der Waals surface area contributed by atoms with Crippen molar-refractivity contribution in [2.45, 2.75) is 0 Å². The van der Waals surface area contributed by atoms with Gasteiger partial charge in [-0.1, -0.05) is 18.2 Å². The van der Waals surface area contributed by atoms with Crippen LogP contribution in [0, 0.1) is 11.6 Å². The Labute approximate surface area is 114 Å². The Morgan fingerprint density at radius 1 is 1.05 bits per heavy atom. The third-order valence-electron chi connectivity index (χ3n) is 3.09. The van der Waals surface area contributed by atoms with E-state index in [1.165, 1.54) is 12.1 Å². The van der Waals surface area contributed by atoms with Gasteiger partial charge in [0.05, 0.1) is 5.56 Å². The summed E-state index contributed by atoms with van der Waals surface area (Å²) in [5.74, 6) is -1.47. The van der Waals surface area contributed by atoms with Crippen LogP contribution in [0.25, 0.3) is 6.08 Å². The lowest BCUT2D eigenvalue weighted by Crippen LogP contribution is -2.18. The smallest absolute Gasteiger partial charge is 0.196 e. The largest absolute Gasteiger partial charge is 0.488 e. The molecule has 0 unspecified atom stereocenters. The Kier molecular flexibility index (Phi) is 3.06. The van der Waals surface area contributed by atoms with E-state index < -0.39 is 11.6 Å². The molecule has 0 saturated carbocycles. The molecule has 0 aromatic heterocycles. The highest BCUT2D eigenvalue weighted by atomic mass is 19.2. The molecular formula is C16H10F2O2. The van der Waals surface area contributed by atoms with Gasteiger partial charge in [-0.15, -0.1) is 0 Å². The van der Waals surface area contributed by atoms with Gasteiger partial charge in [0.25, 0.3) is 0 Å². The van der Waals surface area contributed by atoms with E-state index >= 15 is 0 Å². The van der Waals surface area contributed by atoms with Gasteiger partial charge in [-0.2, -0.15) is 0 Å². The molecule has 0 amide bonds. The molecule has 4 heteroatoms. The van der Waals surface area contributed by atoms with Crippen molar-refractivity contribution in [3.8, 4) is 5.75 Å². The summed E-state index contributed by atoms with van der Waals surface area (Å²) in [5, 5.41) is 0. The highest BCUT2D eigenvalue weighted by Crippen LogP contribution is 2.27. The standard InChI is InChI=1S/C16H10F2O2/c17-13-6-5-10(8-14(13)18)7-11-9-20-15-4-2-1-3-12(15)16(11)19/h1-8H,9H2. The maximum atomic E-state index is 13.1. The first-order valence-corrected chi connectivity index (χ1v) is 6.07. The molecule has 0 atom stereocenters. The zero-order valence-corrected chi connectivity index (χ0v) is 10.4. The maximum absolute atomic E-state index is 13.1. The lowest BCUT2D eigenvalue weighted by atomic mass is 9.98. The van der Waals surface area contributed by atoms with Crippen LogP contribution in [0.5, 0.6) is 5.75 Å². The minimum Gasteiger partial charge on any atom is -0.488 e. The van der Waals surface area contributed by atoms with Crippen LogP contribution in [0.2, 0.25) is 0 Å². The number of Topliss-reactive ketones (excluding diaryl/α,β-unsaturated/α-hetero) is 1. The van der Waals surface area contributed by atoms with Gasteiger partial charge in [-0.25, -0.2) is 8.78 Å². The average Bonchev–Trinajstić information content (AvgIpc) is 2.46. The van der Waals surface area contributed by atoms with Crippen molar-refractivity contribution >= 4 is 11.9 Å². The Morgan fingerprint density at radius 2 is 1.85 bits per heavy atom. The molecular weight excluding hydrogens is 262 g/mol. The molecule has 0 saturated heterocycles. The molecule has 3 rings (SSSR count). The first kappa shape index (κ1) is 12.5. The van der Waals surface area contributed by atoms with Gasteiger partial charge >= 0.3 is 0 Å². The molecule has 0 radical (unpaired) electrons. The van der Waals surface area contributed by atoms with Crippen molar-refractivity contribution in [2.75, 3.05) is 6.61 Å². The lowest BCUT2D eigenvalue weighted by molar-refractivity contribution is 0.100. The second-order valence-electron chi connectivity index (χ2n) is 4.46. The first-order valence-electron chi connectivity index (χ1n) is 6.07. The molecule has 2 aromatic carbocycles. The molecule has 2 nitrogen and oxygen atoms in total. The van der Waals surface area contributed by atoms with Crippen LogP contribution in [0.4, 0.5) is 8.78 Å². The van der Waals surface area contributed by atoms with Crippen LogP contribution in [0.3, 0.4) is 0 Å². The first-order chi connectivity index (χ1) is 9.65. The summed E-state index contributed by atoms with van der Waals surface area (Å²) in [6.07, 6.45) is 1.51. The second-order valence-corrected chi connectivity index (χ2v) is 4.46. The van der Waals surface area contributed by atoms with Gasteiger partial charge < -0.3 is 4.74 Å². The molecule has 1 aliphatic heterocycles. The molecule has 0 aliphatic carbocycles. The lowest BCUT2D eigenvalue weighted by Gasteiger charge is -2.18. The van der Waals surface area contributed by atoms with Gasteiger partial charge in [0.2, 0.25) is 0 Å². The minimum atomic E-state index is -0.941. The van der Waals surface area contributed by atoms with Crippen LogP contribution >= 0.6 is 0 Å². The van der Waals surface area contributed by atoms with E-state index in [1.54, 1.807) is 24.3 Å². The van der Waals surface area contributed by atoms with Crippen LogP contribution < -0.4 is 4.74 Å². The molecule has 0 spiro atoms. The van der Waals surface area contributed by atoms with Crippen LogP contribution in [-0.2, 0) is 0 Å². The number of hydrogen-bond acceptors (Lipinski definition) is 2. The van der Waals surface area contributed by atoms with E-state index in [-0.39, 0.29) is 12.4 Å². The van der Waals surface area contributed by atoms with E-state index in [1.807, 2.05) is 0 Å². The highest BCUT2D eigenvalue weighted by molar-refractivity contribution is 6.14. The van der Waals surface area contributed by atoms with E-state index in [0.717, 1.165) is 12.1 Å². The number of ether oxygens (including phenoxy) is 1.